The number of rotatable bonds is 2. The van der Waals surface area contributed by atoms with Crippen molar-refractivity contribution in [2.24, 2.45) is 5.84 Å². The number of hydrazine groups is 1. The smallest absolute Gasteiger partial charge is 0.323 e. The summed E-state index contributed by atoms with van der Waals surface area (Å²) in [6, 6.07) is 7.07. The van der Waals surface area contributed by atoms with Crippen LogP contribution in [-0.2, 0) is 9.59 Å². The molecule has 6 nitrogen and oxygen atoms in total. The number of amides is 2. The number of carbonyl (C=O) groups is 2. The molecule has 0 spiro atoms. The van der Waals surface area contributed by atoms with Gasteiger partial charge in [0.15, 0.2) is 0 Å². The minimum Gasteiger partial charge on any atom is -0.378 e. The molecule has 0 fully saturated rings. The van der Waals surface area contributed by atoms with Gasteiger partial charge < -0.3 is 10.2 Å². The monoisotopic (exact) mass is 222 g/mol. The molecule has 1 rings (SSSR count). The summed E-state index contributed by atoms with van der Waals surface area (Å²) in [5.41, 5.74) is 3.30. The molecule has 0 aliphatic rings. The fourth-order valence-electron chi connectivity index (χ4n) is 1.10. The molecule has 0 aromatic heterocycles. The van der Waals surface area contributed by atoms with E-state index < -0.39 is 11.8 Å². The van der Waals surface area contributed by atoms with E-state index in [4.69, 9.17) is 5.84 Å². The van der Waals surface area contributed by atoms with Gasteiger partial charge in [0.2, 0.25) is 0 Å². The van der Waals surface area contributed by atoms with Gasteiger partial charge in [-0.1, -0.05) is 0 Å². The summed E-state index contributed by atoms with van der Waals surface area (Å²) in [6.07, 6.45) is 0. The van der Waals surface area contributed by atoms with Crippen molar-refractivity contribution >= 4 is 23.2 Å². The quantitative estimate of drug-likeness (QED) is 0.277. The number of hydrogen-bond donors (Lipinski definition) is 3. The highest BCUT2D eigenvalue weighted by Gasteiger charge is 2.11. The van der Waals surface area contributed by atoms with Gasteiger partial charge in [0, 0.05) is 25.5 Å². The van der Waals surface area contributed by atoms with Crippen LogP contribution in [0.5, 0.6) is 0 Å². The highest BCUT2D eigenvalue weighted by molar-refractivity contribution is 6.39. The normalized spacial score (nSPS) is 9.44. The largest absolute Gasteiger partial charge is 0.378 e. The number of nitrogens with two attached hydrogens (primary N) is 1. The second-order valence-electron chi connectivity index (χ2n) is 3.37. The molecule has 0 atom stereocenters. The lowest BCUT2D eigenvalue weighted by Crippen LogP contribution is -2.39. The van der Waals surface area contributed by atoms with Crippen LogP contribution in [0.2, 0.25) is 0 Å². The third-order valence-electron chi connectivity index (χ3n) is 1.98. The van der Waals surface area contributed by atoms with Gasteiger partial charge in [0.05, 0.1) is 0 Å². The third kappa shape index (κ3) is 2.96. The topological polar surface area (TPSA) is 87.5 Å². The van der Waals surface area contributed by atoms with Crippen molar-refractivity contribution in [3.05, 3.63) is 24.3 Å². The maximum atomic E-state index is 11.1. The summed E-state index contributed by atoms with van der Waals surface area (Å²) in [5, 5.41) is 2.41. The maximum Gasteiger partial charge on any atom is 0.323 e. The van der Waals surface area contributed by atoms with E-state index in [1.165, 1.54) is 0 Å². The SMILES string of the molecule is CN(C)c1ccc(NC(=O)C(=O)NN)cc1. The van der Waals surface area contributed by atoms with Gasteiger partial charge in [-0.05, 0) is 24.3 Å². The zero-order chi connectivity index (χ0) is 12.1. The van der Waals surface area contributed by atoms with E-state index in [2.05, 4.69) is 5.32 Å². The number of hydrogen-bond acceptors (Lipinski definition) is 4. The molecule has 0 aliphatic heterocycles. The predicted molar refractivity (Wildman–Crippen MR) is 61.7 cm³/mol. The van der Waals surface area contributed by atoms with Crippen LogP contribution in [0.25, 0.3) is 0 Å². The van der Waals surface area contributed by atoms with Crippen LogP contribution in [0.1, 0.15) is 0 Å². The Labute approximate surface area is 93.4 Å². The average Bonchev–Trinajstić information content (AvgIpc) is 2.28. The lowest BCUT2D eigenvalue weighted by Gasteiger charge is -2.12. The first kappa shape index (κ1) is 12.0. The Morgan fingerprint density at radius 2 is 1.69 bits per heavy atom. The third-order valence-corrected chi connectivity index (χ3v) is 1.98. The van der Waals surface area contributed by atoms with E-state index in [-0.39, 0.29) is 0 Å². The van der Waals surface area contributed by atoms with Gasteiger partial charge in [0.25, 0.3) is 0 Å². The first-order valence-electron chi connectivity index (χ1n) is 4.64. The molecule has 0 bridgehead atoms. The number of nitrogens with zero attached hydrogens (tertiary/aromatic N) is 1. The van der Waals surface area contributed by atoms with Crippen LogP contribution in [0.4, 0.5) is 11.4 Å². The standard InChI is InChI=1S/C10H14N4O2/c1-14(2)8-5-3-7(4-6-8)12-9(15)10(16)13-11/h3-6H,11H2,1-2H3,(H,12,15)(H,13,16). The van der Waals surface area contributed by atoms with Gasteiger partial charge in [0.1, 0.15) is 0 Å². The highest BCUT2D eigenvalue weighted by atomic mass is 16.2. The summed E-state index contributed by atoms with van der Waals surface area (Å²) in [5.74, 6) is 3.15. The van der Waals surface area contributed by atoms with Gasteiger partial charge in [-0.15, -0.1) is 0 Å². The lowest BCUT2D eigenvalue weighted by atomic mass is 10.2. The van der Waals surface area contributed by atoms with Crippen LogP contribution in [0.3, 0.4) is 0 Å². The Morgan fingerprint density at radius 1 is 1.12 bits per heavy atom. The first-order valence-corrected chi connectivity index (χ1v) is 4.64. The Kier molecular flexibility index (Phi) is 3.84. The summed E-state index contributed by atoms with van der Waals surface area (Å²) >= 11 is 0. The summed E-state index contributed by atoms with van der Waals surface area (Å²) < 4.78 is 0. The molecule has 6 heteroatoms. The molecular formula is C10H14N4O2. The zero-order valence-electron chi connectivity index (χ0n) is 9.15. The van der Waals surface area contributed by atoms with Crippen molar-refractivity contribution in [2.75, 3.05) is 24.3 Å². The van der Waals surface area contributed by atoms with E-state index >= 15 is 0 Å². The minimum atomic E-state index is -0.878. The van der Waals surface area contributed by atoms with Gasteiger partial charge >= 0.3 is 11.8 Å². The summed E-state index contributed by atoms with van der Waals surface area (Å²) in [4.78, 5) is 23.9. The molecule has 0 unspecified atom stereocenters. The molecule has 2 amide bonds. The van der Waals surface area contributed by atoms with Crippen LogP contribution < -0.4 is 21.5 Å². The van der Waals surface area contributed by atoms with Gasteiger partial charge in [-0.3, -0.25) is 15.0 Å². The molecule has 0 radical (unpaired) electrons. The van der Waals surface area contributed by atoms with Crippen LogP contribution in [-0.4, -0.2) is 25.9 Å². The van der Waals surface area contributed by atoms with Crippen LogP contribution in [0.15, 0.2) is 24.3 Å². The Bertz CT molecular complexity index is 386. The van der Waals surface area contributed by atoms with Crippen molar-refractivity contribution in [2.45, 2.75) is 0 Å². The number of anilines is 2. The molecule has 86 valence electrons. The van der Waals surface area contributed by atoms with Crippen LogP contribution in [0, 0.1) is 0 Å². The van der Waals surface area contributed by atoms with Gasteiger partial charge in [-0.2, -0.15) is 0 Å². The molecule has 16 heavy (non-hydrogen) atoms. The second-order valence-corrected chi connectivity index (χ2v) is 3.37. The molecule has 0 saturated heterocycles. The number of carbonyl (C=O) groups excluding carboxylic acids is 2. The molecule has 4 N–H and O–H groups in total. The van der Waals surface area contributed by atoms with Gasteiger partial charge in [-0.25, -0.2) is 5.84 Å². The van der Waals surface area contributed by atoms with Crippen molar-refractivity contribution in [1.29, 1.82) is 0 Å². The molecule has 0 aliphatic carbocycles. The Morgan fingerprint density at radius 3 is 2.12 bits per heavy atom. The van der Waals surface area contributed by atoms with E-state index in [0.717, 1.165) is 5.69 Å². The van der Waals surface area contributed by atoms with E-state index in [1.54, 1.807) is 17.6 Å². The molecule has 1 aromatic rings. The molecular weight excluding hydrogens is 208 g/mol. The van der Waals surface area contributed by atoms with Crippen molar-refractivity contribution in [1.82, 2.24) is 5.43 Å². The van der Waals surface area contributed by atoms with E-state index in [0.29, 0.717) is 5.69 Å². The Balaban J connectivity index is 2.69. The molecule has 0 heterocycles. The second kappa shape index (κ2) is 5.13. The Hall–Kier alpha value is -2.08. The highest BCUT2D eigenvalue weighted by Crippen LogP contribution is 2.15. The van der Waals surface area contributed by atoms with Crippen LogP contribution >= 0.6 is 0 Å². The molecule has 1 aromatic carbocycles. The fourth-order valence-corrected chi connectivity index (χ4v) is 1.10. The number of nitrogens with one attached hydrogen (secondary N) is 2. The lowest BCUT2D eigenvalue weighted by molar-refractivity contribution is -0.136. The van der Waals surface area contributed by atoms with E-state index in [9.17, 15) is 9.59 Å². The first-order chi connectivity index (χ1) is 7.54. The van der Waals surface area contributed by atoms with E-state index in [1.807, 2.05) is 31.1 Å². The van der Waals surface area contributed by atoms with Crippen molar-refractivity contribution in [3.8, 4) is 0 Å². The predicted octanol–water partition coefficient (Wildman–Crippen LogP) is -0.319. The fraction of sp³-hybridized carbons (Fsp3) is 0.200. The van der Waals surface area contributed by atoms with Crippen molar-refractivity contribution < 1.29 is 9.59 Å². The van der Waals surface area contributed by atoms with Crippen molar-refractivity contribution in [3.63, 3.8) is 0 Å². The summed E-state index contributed by atoms with van der Waals surface area (Å²) in [6.45, 7) is 0. The number of benzene rings is 1. The minimum absolute atomic E-state index is 0.541. The maximum absolute atomic E-state index is 11.1. The average molecular weight is 222 g/mol. The summed E-state index contributed by atoms with van der Waals surface area (Å²) in [7, 11) is 3.82. The molecule has 0 saturated carbocycles. The zero-order valence-corrected chi connectivity index (χ0v) is 9.15.